The summed E-state index contributed by atoms with van der Waals surface area (Å²) in [6.45, 7) is 0.703. The summed E-state index contributed by atoms with van der Waals surface area (Å²) in [5, 5.41) is 18.5. The van der Waals surface area contributed by atoms with Gasteiger partial charge in [0.1, 0.15) is 11.6 Å². The van der Waals surface area contributed by atoms with Gasteiger partial charge >= 0.3 is 0 Å². The van der Waals surface area contributed by atoms with Crippen molar-refractivity contribution in [2.24, 2.45) is 5.92 Å². The molecule has 1 aliphatic heterocycles. The van der Waals surface area contributed by atoms with Crippen LogP contribution in [0.2, 0.25) is 0 Å². The van der Waals surface area contributed by atoms with E-state index in [1.807, 2.05) is 0 Å². The van der Waals surface area contributed by atoms with Crippen LogP contribution in [-0.4, -0.2) is 46.8 Å². The van der Waals surface area contributed by atoms with Gasteiger partial charge < -0.3 is 15.1 Å². The Labute approximate surface area is 127 Å². The number of hydrogen-bond donors (Lipinski definition) is 2. The third-order valence-electron chi connectivity index (χ3n) is 3.89. The van der Waals surface area contributed by atoms with Crippen LogP contribution >= 0.6 is 0 Å². The fourth-order valence-corrected chi connectivity index (χ4v) is 2.60. The number of carbonyl (C=O) groups is 1. The molecule has 0 aromatic heterocycles. The molecule has 0 radical (unpaired) electrons. The van der Waals surface area contributed by atoms with Crippen LogP contribution in [0, 0.1) is 17.6 Å². The van der Waals surface area contributed by atoms with E-state index in [-0.39, 0.29) is 24.0 Å². The molecule has 1 aromatic carbocycles. The summed E-state index contributed by atoms with van der Waals surface area (Å²) in [6.07, 6.45) is 3.16. The molecule has 0 bridgehead atoms. The lowest BCUT2D eigenvalue weighted by Gasteiger charge is -2.33. The van der Waals surface area contributed by atoms with Gasteiger partial charge in [-0.25, -0.2) is 8.78 Å². The standard InChI is InChI=1S/C16H19F2NO3/c17-13-7-11(8-14(18)9-13)1-2-16(22)19-5-3-12(4-6-19)15(21)10-20/h1-2,7-9,12,15,20-21H,3-6,10H2/t15-/m0/s1. The summed E-state index contributed by atoms with van der Waals surface area (Å²) in [4.78, 5) is 13.6. The van der Waals surface area contributed by atoms with Crippen molar-refractivity contribution in [2.75, 3.05) is 19.7 Å². The lowest BCUT2D eigenvalue weighted by atomic mass is 9.91. The Hall–Kier alpha value is -1.79. The highest BCUT2D eigenvalue weighted by molar-refractivity contribution is 5.91. The van der Waals surface area contributed by atoms with Crippen molar-refractivity contribution in [1.82, 2.24) is 4.90 Å². The van der Waals surface area contributed by atoms with Gasteiger partial charge in [-0.15, -0.1) is 0 Å². The second-order valence-corrected chi connectivity index (χ2v) is 5.45. The van der Waals surface area contributed by atoms with Crippen molar-refractivity contribution in [3.8, 4) is 0 Å². The summed E-state index contributed by atoms with van der Waals surface area (Å²) < 4.78 is 26.1. The number of nitrogens with zero attached hydrogens (tertiary/aromatic N) is 1. The van der Waals surface area contributed by atoms with Crippen molar-refractivity contribution in [2.45, 2.75) is 18.9 Å². The van der Waals surface area contributed by atoms with Crippen LogP contribution in [0.3, 0.4) is 0 Å². The van der Waals surface area contributed by atoms with Gasteiger partial charge in [0.15, 0.2) is 0 Å². The minimum absolute atomic E-state index is 0.00431. The first-order valence-corrected chi connectivity index (χ1v) is 7.21. The number of benzene rings is 1. The maximum absolute atomic E-state index is 13.0. The summed E-state index contributed by atoms with van der Waals surface area (Å²) in [5.41, 5.74) is 0.288. The Bertz CT molecular complexity index is 534. The summed E-state index contributed by atoms with van der Waals surface area (Å²) in [5.74, 6) is -1.62. The second kappa shape index (κ2) is 7.47. The van der Waals surface area contributed by atoms with Gasteiger partial charge in [0.25, 0.3) is 0 Å². The molecule has 0 aliphatic carbocycles. The Balaban J connectivity index is 1.91. The molecule has 1 saturated heterocycles. The van der Waals surface area contributed by atoms with E-state index in [1.165, 1.54) is 12.2 Å². The third-order valence-corrected chi connectivity index (χ3v) is 3.89. The number of piperidine rings is 1. The van der Waals surface area contributed by atoms with Gasteiger partial charge in [-0.1, -0.05) is 0 Å². The Kier molecular flexibility index (Phi) is 5.63. The molecule has 6 heteroatoms. The summed E-state index contributed by atoms with van der Waals surface area (Å²) >= 11 is 0. The quantitative estimate of drug-likeness (QED) is 0.830. The molecule has 1 aromatic rings. The first-order valence-electron chi connectivity index (χ1n) is 7.21. The molecule has 0 saturated carbocycles. The third kappa shape index (κ3) is 4.35. The average Bonchev–Trinajstić information content (AvgIpc) is 2.51. The van der Waals surface area contributed by atoms with E-state index in [9.17, 15) is 18.7 Å². The maximum Gasteiger partial charge on any atom is 0.246 e. The van der Waals surface area contributed by atoms with Crippen LogP contribution in [0.5, 0.6) is 0 Å². The number of likely N-dealkylation sites (tertiary alicyclic amines) is 1. The molecule has 1 fully saturated rings. The van der Waals surface area contributed by atoms with Crippen molar-refractivity contribution in [3.05, 3.63) is 41.5 Å². The van der Waals surface area contributed by atoms with Crippen molar-refractivity contribution in [3.63, 3.8) is 0 Å². The molecule has 0 unspecified atom stereocenters. The largest absolute Gasteiger partial charge is 0.394 e. The molecular formula is C16H19F2NO3. The predicted octanol–water partition coefficient (Wildman–Crippen LogP) is 1.57. The maximum atomic E-state index is 13.0. The smallest absolute Gasteiger partial charge is 0.246 e. The van der Waals surface area contributed by atoms with E-state index in [1.54, 1.807) is 4.90 Å². The van der Waals surface area contributed by atoms with Crippen molar-refractivity contribution in [1.29, 1.82) is 0 Å². The van der Waals surface area contributed by atoms with Crippen LogP contribution in [-0.2, 0) is 4.79 Å². The van der Waals surface area contributed by atoms with Gasteiger partial charge in [0, 0.05) is 25.2 Å². The average molecular weight is 311 g/mol. The molecule has 1 aliphatic rings. The summed E-state index contributed by atoms with van der Waals surface area (Å²) in [7, 11) is 0. The van der Waals surface area contributed by atoms with E-state index in [2.05, 4.69) is 0 Å². The zero-order valence-electron chi connectivity index (χ0n) is 12.1. The zero-order chi connectivity index (χ0) is 16.1. The molecule has 22 heavy (non-hydrogen) atoms. The molecule has 1 atom stereocenters. The van der Waals surface area contributed by atoms with E-state index >= 15 is 0 Å². The normalized spacial score (nSPS) is 17.9. The minimum atomic E-state index is -0.747. The fourth-order valence-electron chi connectivity index (χ4n) is 2.60. The van der Waals surface area contributed by atoms with Crippen molar-refractivity contribution < 1.29 is 23.8 Å². The number of aliphatic hydroxyl groups excluding tert-OH is 2. The van der Waals surface area contributed by atoms with E-state index in [4.69, 9.17) is 5.11 Å². The van der Waals surface area contributed by atoms with E-state index in [0.29, 0.717) is 25.9 Å². The number of hydrogen-bond acceptors (Lipinski definition) is 3. The van der Waals surface area contributed by atoms with Crippen molar-refractivity contribution >= 4 is 12.0 Å². The number of rotatable bonds is 4. The highest BCUT2D eigenvalue weighted by atomic mass is 19.1. The lowest BCUT2D eigenvalue weighted by molar-refractivity contribution is -0.128. The van der Waals surface area contributed by atoms with E-state index < -0.39 is 17.7 Å². The van der Waals surface area contributed by atoms with Gasteiger partial charge in [-0.2, -0.15) is 0 Å². The van der Waals surface area contributed by atoms with Crippen LogP contribution in [0.1, 0.15) is 18.4 Å². The van der Waals surface area contributed by atoms with Gasteiger partial charge in [0.2, 0.25) is 5.91 Å². The van der Waals surface area contributed by atoms with E-state index in [0.717, 1.165) is 18.2 Å². The first kappa shape index (κ1) is 16.6. The van der Waals surface area contributed by atoms with Crippen LogP contribution in [0.25, 0.3) is 6.08 Å². The molecule has 1 heterocycles. The molecule has 0 spiro atoms. The molecule has 1 amide bonds. The summed E-state index contributed by atoms with van der Waals surface area (Å²) in [6, 6.07) is 3.07. The highest BCUT2D eigenvalue weighted by Crippen LogP contribution is 2.21. The van der Waals surface area contributed by atoms with Crippen LogP contribution in [0.4, 0.5) is 8.78 Å². The topological polar surface area (TPSA) is 60.8 Å². The predicted molar refractivity (Wildman–Crippen MR) is 77.8 cm³/mol. The molecule has 2 N–H and O–H groups in total. The van der Waals surface area contributed by atoms with Gasteiger partial charge in [-0.3, -0.25) is 4.79 Å². The molecule has 120 valence electrons. The molecule has 2 rings (SSSR count). The second-order valence-electron chi connectivity index (χ2n) is 5.45. The number of amides is 1. The minimum Gasteiger partial charge on any atom is -0.394 e. The fraction of sp³-hybridized carbons (Fsp3) is 0.438. The number of halogens is 2. The monoisotopic (exact) mass is 311 g/mol. The molecule has 4 nitrogen and oxygen atoms in total. The first-order chi connectivity index (χ1) is 10.5. The lowest BCUT2D eigenvalue weighted by Crippen LogP contribution is -2.41. The SMILES string of the molecule is O=C(C=Cc1cc(F)cc(F)c1)N1CCC([C@@H](O)CO)CC1. The van der Waals surface area contributed by atoms with Gasteiger partial charge in [0.05, 0.1) is 12.7 Å². The van der Waals surface area contributed by atoms with Gasteiger partial charge in [-0.05, 0) is 42.5 Å². The molecular weight excluding hydrogens is 292 g/mol. The zero-order valence-corrected chi connectivity index (χ0v) is 12.1. The Morgan fingerprint density at radius 1 is 1.27 bits per heavy atom. The Morgan fingerprint density at radius 2 is 1.86 bits per heavy atom. The Morgan fingerprint density at radius 3 is 2.41 bits per heavy atom. The number of aliphatic hydroxyl groups is 2. The highest BCUT2D eigenvalue weighted by Gasteiger charge is 2.26. The van der Waals surface area contributed by atoms with Crippen LogP contribution in [0.15, 0.2) is 24.3 Å². The van der Waals surface area contributed by atoms with Crippen LogP contribution < -0.4 is 0 Å². The number of carbonyl (C=O) groups excluding carboxylic acids is 1.